The first kappa shape index (κ1) is 10.4. The SMILES string of the molecule is CCOC(=O)C1CCC(=O)CS1=O. The second-order valence-corrected chi connectivity index (χ2v) is 4.46. The summed E-state index contributed by atoms with van der Waals surface area (Å²) in [6, 6.07) is 0. The van der Waals surface area contributed by atoms with Gasteiger partial charge in [-0.05, 0) is 13.3 Å². The minimum absolute atomic E-state index is 0.00345. The van der Waals surface area contributed by atoms with E-state index >= 15 is 0 Å². The van der Waals surface area contributed by atoms with Crippen molar-refractivity contribution in [2.75, 3.05) is 12.4 Å². The first-order chi connectivity index (χ1) is 6.15. The van der Waals surface area contributed by atoms with Crippen LogP contribution in [0.3, 0.4) is 0 Å². The Morgan fingerprint density at radius 3 is 2.92 bits per heavy atom. The van der Waals surface area contributed by atoms with Crippen LogP contribution in [-0.2, 0) is 25.1 Å². The molecule has 13 heavy (non-hydrogen) atoms. The van der Waals surface area contributed by atoms with Crippen molar-refractivity contribution in [2.45, 2.75) is 25.0 Å². The average Bonchev–Trinajstić information content (AvgIpc) is 2.04. The van der Waals surface area contributed by atoms with Crippen LogP contribution in [0.5, 0.6) is 0 Å². The van der Waals surface area contributed by atoms with Gasteiger partial charge in [0.25, 0.3) is 0 Å². The van der Waals surface area contributed by atoms with Crippen molar-refractivity contribution >= 4 is 22.6 Å². The number of esters is 1. The van der Waals surface area contributed by atoms with E-state index < -0.39 is 22.0 Å². The predicted molar refractivity (Wildman–Crippen MR) is 47.7 cm³/mol. The van der Waals surface area contributed by atoms with Crippen LogP contribution in [0, 0.1) is 0 Å². The fraction of sp³-hybridized carbons (Fsp3) is 0.750. The Labute approximate surface area is 79.1 Å². The lowest BCUT2D eigenvalue weighted by molar-refractivity contribution is -0.142. The van der Waals surface area contributed by atoms with Gasteiger partial charge < -0.3 is 4.74 Å². The molecule has 4 nitrogen and oxygen atoms in total. The van der Waals surface area contributed by atoms with Crippen molar-refractivity contribution in [3.63, 3.8) is 0 Å². The van der Waals surface area contributed by atoms with Gasteiger partial charge in [-0.25, -0.2) is 0 Å². The van der Waals surface area contributed by atoms with Crippen LogP contribution in [-0.4, -0.2) is 33.6 Å². The average molecular weight is 204 g/mol. The van der Waals surface area contributed by atoms with Crippen LogP contribution in [0.1, 0.15) is 19.8 Å². The number of Topliss-reactive ketones (excluding diaryl/α,β-unsaturated/α-hetero) is 1. The van der Waals surface area contributed by atoms with Crippen molar-refractivity contribution in [1.82, 2.24) is 0 Å². The monoisotopic (exact) mass is 204 g/mol. The standard InChI is InChI=1S/C8H12O4S/c1-2-12-8(10)7-4-3-6(9)5-13(7)11/h7H,2-5H2,1H3. The fourth-order valence-electron chi connectivity index (χ4n) is 1.22. The molecular formula is C8H12O4S. The maximum absolute atomic E-state index is 11.3. The Balaban J connectivity index is 2.55. The third-order valence-electron chi connectivity index (χ3n) is 1.86. The molecule has 1 heterocycles. The highest BCUT2D eigenvalue weighted by atomic mass is 32.2. The number of rotatable bonds is 2. The van der Waals surface area contributed by atoms with Crippen LogP contribution < -0.4 is 0 Å². The second kappa shape index (κ2) is 4.50. The van der Waals surface area contributed by atoms with Gasteiger partial charge in [-0.1, -0.05) is 0 Å². The minimum Gasteiger partial charge on any atom is -0.465 e. The molecule has 2 unspecified atom stereocenters. The number of carbonyl (C=O) groups excluding carboxylic acids is 2. The number of hydrogen-bond acceptors (Lipinski definition) is 4. The topological polar surface area (TPSA) is 60.4 Å². The van der Waals surface area contributed by atoms with Gasteiger partial charge in [0.15, 0.2) is 0 Å². The summed E-state index contributed by atoms with van der Waals surface area (Å²) in [5.74, 6) is -0.462. The Morgan fingerprint density at radius 1 is 1.69 bits per heavy atom. The maximum Gasteiger partial charge on any atom is 0.321 e. The first-order valence-electron chi connectivity index (χ1n) is 4.20. The van der Waals surface area contributed by atoms with Gasteiger partial charge in [0.2, 0.25) is 0 Å². The van der Waals surface area contributed by atoms with E-state index in [-0.39, 0.29) is 11.5 Å². The molecule has 1 rings (SSSR count). The summed E-state index contributed by atoms with van der Waals surface area (Å²) >= 11 is 0. The van der Waals surface area contributed by atoms with E-state index in [2.05, 4.69) is 0 Å². The summed E-state index contributed by atoms with van der Waals surface area (Å²) in [6.45, 7) is 2.00. The quantitative estimate of drug-likeness (QED) is 0.595. The number of ketones is 1. The largest absolute Gasteiger partial charge is 0.465 e. The molecule has 0 bridgehead atoms. The summed E-state index contributed by atoms with van der Waals surface area (Å²) in [6.07, 6.45) is 0.708. The van der Waals surface area contributed by atoms with Crippen LogP contribution in [0.4, 0.5) is 0 Å². The van der Waals surface area contributed by atoms with Crippen LogP contribution in [0.2, 0.25) is 0 Å². The van der Waals surface area contributed by atoms with Crippen LogP contribution in [0.15, 0.2) is 0 Å². The van der Waals surface area contributed by atoms with Gasteiger partial charge in [0.05, 0.1) is 12.4 Å². The summed E-state index contributed by atoms with van der Waals surface area (Å²) in [7, 11) is -1.36. The highest BCUT2D eigenvalue weighted by molar-refractivity contribution is 7.87. The van der Waals surface area contributed by atoms with E-state index in [4.69, 9.17) is 4.74 Å². The molecule has 2 atom stereocenters. The lowest BCUT2D eigenvalue weighted by Gasteiger charge is -2.18. The zero-order chi connectivity index (χ0) is 9.84. The highest BCUT2D eigenvalue weighted by Crippen LogP contribution is 2.15. The number of hydrogen-bond donors (Lipinski definition) is 0. The molecule has 0 N–H and O–H groups in total. The van der Waals surface area contributed by atoms with E-state index in [1.165, 1.54) is 0 Å². The molecule has 0 spiro atoms. The third kappa shape index (κ3) is 2.62. The van der Waals surface area contributed by atoms with Gasteiger partial charge in [-0.2, -0.15) is 0 Å². The van der Waals surface area contributed by atoms with Crippen LogP contribution >= 0.6 is 0 Å². The molecular weight excluding hydrogens is 192 g/mol. The zero-order valence-corrected chi connectivity index (χ0v) is 8.26. The van der Waals surface area contributed by atoms with Gasteiger partial charge in [-0.3, -0.25) is 13.8 Å². The van der Waals surface area contributed by atoms with Crippen molar-refractivity contribution < 1.29 is 18.5 Å². The van der Waals surface area contributed by atoms with Crippen molar-refractivity contribution in [2.24, 2.45) is 0 Å². The number of carbonyl (C=O) groups is 2. The summed E-state index contributed by atoms with van der Waals surface area (Å²) < 4.78 is 16.1. The van der Waals surface area contributed by atoms with Crippen molar-refractivity contribution in [3.8, 4) is 0 Å². The second-order valence-electron chi connectivity index (χ2n) is 2.84. The van der Waals surface area contributed by atoms with E-state index in [0.717, 1.165) is 0 Å². The highest BCUT2D eigenvalue weighted by Gasteiger charge is 2.32. The smallest absolute Gasteiger partial charge is 0.321 e. The Morgan fingerprint density at radius 2 is 2.38 bits per heavy atom. The normalized spacial score (nSPS) is 28.5. The van der Waals surface area contributed by atoms with E-state index in [9.17, 15) is 13.8 Å². The molecule has 0 aliphatic carbocycles. The first-order valence-corrected chi connectivity index (χ1v) is 5.59. The lowest BCUT2D eigenvalue weighted by Crippen LogP contribution is -2.36. The molecule has 5 heteroatoms. The van der Waals surface area contributed by atoms with E-state index in [1.807, 2.05) is 0 Å². The maximum atomic E-state index is 11.3. The molecule has 1 aliphatic heterocycles. The Hall–Kier alpha value is -0.710. The molecule has 0 aromatic rings. The van der Waals surface area contributed by atoms with E-state index in [1.54, 1.807) is 6.92 Å². The zero-order valence-electron chi connectivity index (χ0n) is 7.45. The van der Waals surface area contributed by atoms with E-state index in [0.29, 0.717) is 19.4 Å². The third-order valence-corrected chi connectivity index (χ3v) is 3.52. The molecule has 1 aliphatic rings. The van der Waals surface area contributed by atoms with Crippen molar-refractivity contribution in [1.29, 1.82) is 0 Å². The molecule has 1 saturated heterocycles. The molecule has 74 valence electrons. The molecule has 0 amide bonds. The van der Waals surface area contributed by atoms with Gasteiger partial charge in [-0.15, -0.1) is 0 Å². The lowest BCUT2D eigenvalue weighted by atomic mass is 10.2. The van der Waals surface area contributed by atoms with Gasteiger partial charge in [0, 0.05) is 17.2 Å². The molecule has 0 aromatic carbocycles. The summed E-state index contributed by atoms with van der Waals surface area (Å²) in [5, 5.41) is -0.586. The predicted octanol–water partition coefficient (Wildman–Crippen LogP) is 0.0297. The Bertz CT molecular complexity index is 249. The summed E-state index contributed by atoms with van der Waals surface area (Å²) in [5.41, 5.74) is 0. The molecule has 0 aromatic heterocycles. The minimum atomic E-state index is -1.36. The van der Waals surface area contributed by atoms with Crippen molar-refractivity contribution in [3.05, 3.63) is 0 Å². The van der Waals surface area contributed by atoms with Gasteiger partial charge in [0.1, 0.15) is 11.0 Å². The van der Waals surface area contributed by atoms with Crippen LogP contribution in [0.25, 0.3) is 0 Å². The fourth-order valence-corrected chi connectivity index (χ4v) is 2.54. The molecule has 1 fully saturated rings. The molecule has 0 saturated carbocycles. The van der Waals surface area contributed by atoms with Gasteiger partial charge >= 0.3 is 5.97 Å². The number of ether oxygens (including phenoxy) is 1. The molecule has 0 radical (unpaired) electrons. The summed E-state index contributed by atoms with van der Waals surface area (Å²) in [4.78, 5) is 22.0. The Kier molecular flexibility index (Phi) is 3.59.